The lowest BCUT2D eigenvalue weighted by molar-refractivity contribution is 0.539. The largest absolute Gasteiger partial charge is 0.448 e. The van der Waals surface area contributed by atoms with E-state index in [0.29, 0.717) is 0 Å². The molecule has 0 aliphatic carbocycles. The molecule has 252 valence electrons. The Labute approximate surface area is 300 Å². The van der Waals surface area contributed by atoms with E-state index in [4.69, 9.17) is 8.23 Å². The van der Waals surface area contributed by atoms with Crippen LogP contribution in [0.1, 0.15) is 55.4 Å². The normalized spacial score (nSPS) is 18.3. The van der Waals surface area contributed by atoms with E-state index >= 15 is 0 Å². The molecule has 0 amide bonds. The molecule has 0 unspecified atom stereocenters. The standard InChI is InChI=1S/C40H52O2S2Si4/c1-9-45(10-2)29-17-21-37-33(25-29)34-27-31(19-23-38(34)43-37)47(13-5,14-6)42-48(15-7,16-8)32-20-24-40-36(28-32)35-26-30(18-22-39(35)44-40)46(11-3,12-4)41-45/h17-28H,9-16H2,1-8H3. The first kappa shape index (κ1) is 34.6. The molecule has 48 heavy (non-hydrogen) atoms. The third-order valence-electron chi connectivity index (χ3n) is 12.4. The van der Waals surface area contributed by atoms with Crippen LogP contribution in [0.25, 0.3) is 40.3 Å². The molecule has 0 spiro atoms. The Bertz CT molecular complexity index is 1820. The monoisotopic (exact) mass is 740 g/mol. The zero-order chi connectivity index (χ0) is 33.9. The van der Waals surface area contributed by atoms with Crippen LogP contribution in [0, 0.1) is 0 Å². The molecule has 0 fully saturated rings. The van der Waals surface area contributed by atoms with Gasteiger partial charge in [-0.1, -0.05) is 104 Å². The summed E-state index contributed by atoms with van der Waals surface area (Å²) in [5.74, 6) is 0. The van der Waals surface area contributed by atoms with Crippen LogP contribution in [-0.2, 0) is 8.23 Å². The second-order valence-corrected chi connectivity index (χ2v) is 33.8. The van der Waals surface area contributed by atoms with Crippen molar-refractivity contribution in [3.63, 3.8) is 0 Å². The predicted molar refractivity (Wildman–Crippen MR) is 226 cm³/mol. The van der Waals surface area contributed by atoms with Crippen molar-refractivity contribution in [2.24, 2.45) is 0 Å². The topological polar surface area (TPSA) is 18.5 Å². The number of benzene rings is 4. The van der Waals surface area contributed by atoms with Gasteiger partial charge >= 0.3 is 0 Å². The molecule has 0 saturated carbocycles. The van der Waals surface area contributed by atoms with Crippen LogP contribution in [0.3, 0.4) is 0 Å². The van der Waals surface area contributed by atoms with Crippen molar-refractivity contribution in [2.45, 2.75) is 104 Å². The van der Waals surface area contributed by atoms with Crippen LogP contribution in [-0.4, -0.2) is 33.3 Å². The van der Waals surface area contributed by atoms with Gasteiger partial charge in [-0.05, 0) is 93.4 Å². The fourth-order valence-corrected chi connectivity index (χ4v) is 31.9. The lowest BCUT2D eigenvalue weighted by Gasteiger charge is -2.42. The molecular formula is C40H52O2S2Si4. The number of fused-ring (bicyclic) bond motifs is 4. The third-order valence-corrected chi connectivity index (χ3v) is 35.5. The molecule has 1 aliphatic rings. The van der Waals surface area contributed by atoms with E-state index in [-0.39, 0.29) is 0 Å². The lowest BCUT2D eigenvalue weighted by atomic mass is 10.1. The van der Waals surface area contributed by atoms with Gasteiger partial charge in [0.2, 0.25) is 33.3 Å². The van der Waals surface area contributed by atoms with Crippen LogP contribution >= 0.6 is 22.7 Å². The molecular weight excluding hydrogens is 689 g/mol. The fraction of sp³-hybridized carbons (Fsp3) is 0.400. The van der Waals surface area contributed by atoms with Gasteiger partial charge < -0.3 is 8.23 Å². The molecule has 2 aromatic heterocycles. The summed E-state index contributed by atoms with van der Waals surface area (Å²) in [7, 11) is -9.18. The molecule has 0 saturated heterocycles. The van der Waals surface area contributed by atoms with Gasteiger partial charge in [-0.3, -0.25) is 0 Å². The SMILES string of the molecule is CC[Si]1(CC)O[Si](CC)(CC)c2ccc3sc4ccc(cc4c3c2)[Si](CC)(CC)O[Si](CC)(CC)c2ccc3sc4ccc1cc4c3c2. The van der Waals surface area contributed by atoms with E-state index in [1.165, 1.54) is 61.1 Å². The van der Waals surface area contributed by atoms with E-state index in [1.807, 2.05) is 22.7 Å². The molecule has 0 N–H and O–H groups in total. The number of hydrogen-bond acceptors (Lipinski definition) is 4. The quantitative estimate of drug-likeness (QED) is 0.145. The number of rotatable bonds is 8. The van der Waals surface area contributed by atoms with Gasteiger partial charge in [-0.2, -0.15) is 0 Å². The number of hydrogen-bond donors (Lipinski definition) is 0. The molecule has 3 heterocycles. The van der Waals surface area contributed by atoms with E-state index in [0.717, 1.165) is 48.4 Å². The summed E-state index contributed by atoms with van der Waals surface area (Å²) in [6.45, 7) is 19.2. The maximum Gasteiger partial charge on any atom is 0.211 e. The zero-order valence-electron chi connectivity index (χ0n) is 30.2. The van der Waals surface area contributed by atoms with E-state index in [2.05, 4.69) is 128 Å². The molecule has 6 aromatic rings. The van der Waals surface area contributed by atoms with Crippen LogP contribution in [0.4, 0.5) is 0 Å². The van der Waals surface area contributed by atoms with Gasteiger partial charge in [0.25, 0.3) is 0 Å². The smallest absolute Gasteiger partial charge is 0.211 e. The maximum absolute atomic E-state index is 7.96. The predicted octanol–water partition coefficient (Wildman–Crippen LogP) is 10.9. The van der Waals surface area contributed by atoms with Crippen molar-refractivity contribution in [1.29, 1.82) is 0 Å². The van der Waals surface area contributed by atoms with Gasteiger partial charge in [0.1, 0.15) is 0 Å². The third kappa shape index (κ3) is 5.15. The molecule has 8 heteroatoms. The van der Waals surface area contributed by atoms with Crippen LogP contribution in [0.2, 0.25) is 48.4 Å². The summed E-state index contributed by atoms with van der Waals surface area (Å²) in [6, 6.07) is 38.5. The molecule has 0 atom stereocenters. The van der Waals surface area contributed by atoms with Gasteiger partial charge in [-0.15, -0.1) is 22.7 Å². The van der Waals surface area contributed by atoms with Crippen LogP contribution in [0.5, 0.6) is 0 Å². The fourth-order valence-electron chi connectivity index (χ4n) is 8.88. The molecule has 2 nitrogen and oxygen atoms in total. The summed E-state index contributed by atoms with van der Waals surface area (Å²) in [4.78, 5) is 0. The Balaban J connectivity index is 1.59. The van der Waals surface area contributed by atoms with Gasteiger partial charge in [0.05, 0.1) is 0 Å². The minimum Gasteiger partial charge on any atom is -0.448 e. The highest BCUT2D eigenvalue weighted by molar-refractivity contribution is 7.26. The highest BCUT2D eigenvalue weighted by atomic mass is 32.1. The van der Waals surface area contributed by atoms with Crippen molar-refractivity contribution in [2.75, 3.05) is 0 Å². The first-order chi connectivity index (χ1) is 23.2. The second kappa shape index (κ2) is 13.0. The highest BCUT2D eigenvalue weighted by Crippen LogP contribution is 2.39. The molecule has 8 bridgehead atoms. The average Bonchev–Trinajstić information content (AvgIpc) is 3.70. The first-order valence-electron chi connectivity index (χ1n) is 18.6. The molecule has 7 rings (SSSR count). The Hall–Kier alpha value is -1.89. The Morgan fingerprint density at radius 3 is 0.750 bits per heavy atom. The highest BCUT2D eigenvalue weighted by Gasteiger charge is 2.46. The van der Waals surface area contributed by atoms with Gasteiger partial charge in [-0.25, -0.2) is 0 Å². The van der Waals surface area contributed by atoms with E-state index in [1.54, 1.807) is 0 Å². The molecule has 0 radical (unpaired) electrons. The van der Waals surface area contributed by atoms with E-state index in [9.17, 15) is 0 Å². The van der Waals surface area contributed by atoms with Crippen molar-refractivity contribution in [3.8, 4) is 0 Å². The van der Waals surface area contributed by atoms with Crippen LogP contribution in [0.15, 0.2) is 72.8 Å². The summed E-state index contributed by atoms with van der Waals surface area (Å²) >= 11 is 3.89. The maximum atomic E-state index is 7.96. The summed E-state index contributed by atoms with van der Waals surface area (Å²) in [5, 5.41) is 11.6. The molecule has 4 aromatic carbocycles. The molecule has 1 aliphatic heterocycles. The summed E-state index contributed by atoms with van der Waals surface area (Å²) in [5.41, 5.74) is 0. The van der Waals surface area contributed by atoms with Crippen molar-refractivity contribution in [1.82, 2.24) is 0 Å². The van der Waals surface area contributed by atoms with E-state index < -0.39 is 33.3 Å². The van der Waals surface area contributed by atoms with Crippen molar-refractivity contribution in [3.05, 3.63) is 72.8 Å². The second-order valence-electron chi connectivity index (χ2n) is 14.1. The van der Waals surface area contributed by atoms with Gasteiger partial charge in [0, 0.05) is 40.3 Å². The average molecular weight is 741 g/mol. The summed E-state index contributed by atoms with van der Waals surface area (Å²) < 4.78 is 21.5. The van der Waals surface area contributed by atoms with Crippen molar-refractivity contribution < 1.29 is 8.23 Å². The number of thiophene rings is 2. The van der Waals surface area contributed by atoms with Crippen molar-refractivity contribution >= 4 is 117 Å². The Morgan fingerprint density at radius 1 is 0.354 bits per heavy atom. The first-order valence-corrected chi connectivity index (χ1v) is 29.5. The minimum absolute atomic E-state index is 1.10. The van der Waals surface area contributed by atoms with Gasteiger partial charge in [0.15, 0.2) is 0 Å². The van der Waals surface area contributed by atoms with Crippen LogP contribution < -0.4 is 20.7 Å². The Kier molecular flexibility index (Phi) is 9.37. The zero-order valence-corrected chi connectivity index (χ0v) is 35.9. The minimum atomic E-state index is -2.29. The summed E-state index contributed by atoms with van der Waals surface area (Å²) in [6.07, 6.45) is 0. The Morgan fingerprint density at radius 2 is 0.562 bits per heavy atom. The lowest BCUT2D eigenvalue weighted by Crippen LogP contribution is -2.62.